The molecule has 9 heteroatoms. The molecule has 9 nitrogen and oxygen atoms in total. The van der Waals surface area contributed by atoms with Crippen LogP contribution in [0.3, 0.4) is 0 Å². The maximum Gasteiger partial charge on any atom is 0.261 e. The zero-order chi connectivity index (χ0) is 17.3. The molecule has 1 fully saturated rings. The number of carbonyl (C=O) groups is 1. The second-order valence-corrected chi connectivity index (χ2v) is 5.54. The van der Waals surface area contributed by atoms with Crippen LogP contribution in [-0.2, 0) is 7.05 Å². The number of aromatic nitrogens is 4. The van der Waals surface area contributed by atoms with Crippen LogP contribution in [0.1, 0.15) is 16.1 Å². The Hall–Kier alpha value is -3.15. The zero-order valence-corrected chi connectivity index (χ0v) is 13.7. The molecule has 124 valence electrons. The van der Waals surface area contributed by atoms with Crippen molar-refractivity contribution in [2.45, 2.75) is 6.04 Å². The first-order valence-corrected chi connectivity index (χ1v) is 7.36. The Morgan fingerprint density at radius 1 is 1.42 bits per heavy atom. The first-order chi connectivity index (χ1) is 11.5. The van der Waals surface area contributed by atoms with Gasteiger partial charge in [0.25, 0.3) is 5.91 Å². The Balaban J connectivity index is 1.69. The van der Waals surface area contributed by atoms with Crippen molar-refractivity contribution < 1.29 is 9.53 Å². The van der Waals surface area contributed by atoms with Gasteiger partial charge in [-0.2, -0.15) is 5.26 Å². The van der Waals surface area contributed by atoms with Gasteiger partial charge in [0, 0.05) is 45.8 Å². The van der Waals surface area contributed by atoms with Gasteiger partial charge in [-0.1, -0.05) is 0 Å². The third-order valence-electron chi connectivity index (χ3n) is 4.03. The van der Waals surface area contributed by atoms with E-state index in [0.717, 1.165) is 0 Å². The smallest absolute Gasteiger partial charge is 0.261 e. The van der Waals surface area contributed by atoms with Gasteiger partial charge in [-0.15, -0.1) is 5.10 Å². The highest BCUT2D eigenvalue weighted by molar-refractivity contribution is 5.96. The Bertz CT molecular complexity index is 804. The van der Waals surface area contributed by atoms with Gasteiger partial charge in [-0.05, 0) is 0 Å². The van der Waals surface area contributed by atoms with Gasteiger partial charge in [0.15, 0.2) is 11.5 Å². The molecule has 0 aromatic carbocycles. The molecule has 2 aromatic heterocycles. The number of ether oxygens (including phenoxy) is 1. The number of likely N-dealkylation sites (N-methyl/N-ethyl adjacent to an activating group) is 1. The first-order valence-electron chi connectivity index (χ1n) is 7.36. The summed E-state index contributed by atoms with van der Waals surface area (Å²) in [4.78, 5) is 24.4. The molecule has 24 heavy (non-hydrogen) atoms. The molecule has 1 aliphatic heterocycles. The van der Waals surface area contributed by atoms with Crippen LogP contribution in [0.2, 0.25) is 0 Å². The molecule has 0 spiro atoms. The highest BCUT2D eigenvalue weighted by Crippen LogP contribution is 2.25. The molecular formula is C15H17N7O2. The van der Waals surface area contributed by atoms with Gasteiger partial charge in [-0.25, -0.2) is 9.97 Å². The molecule has 2 aromatic rings. The van der Waals surface area contributed by atoms with Crippen molar-refractivity contribution in [3.05, 3.63) is 29.8 Å². The quantitative estimate of drug-likeness (QED) is 0.782. The summed E-state index contributed by atoms with van der Waals surface area (Å²) in [7, 11) is 4.97. The van der Waals surface area contributed by atoms with Crippen molar-refractivity contribution in [3.8, 4) is 11.9 Å². The van der Waals surface area contributed by atoms with Crippen molar-refractivity contribution in [2.24, 2.45) is 7.05 Å². The van der Waals surface area contributed by atoms with Gasteiger partial charge in [0.05, 0.1) is 13.2 Å². The molecular weight excluding hydrogens is 310 g/mol. The van der Waals surface area contributed by atoms with Crippen LogP contribution in [0, 0.1) is 11.3 Å². The number of hydrogen-bond acceptors (Lipinski definition) is 7. The van der Waals surface area contributed by atoms with Crippen LogP contribution in [-0.4, -0.2) is 63.8 Å². The average Bonchev–Trinajstić information content (AvgIpc) is 2.94. The second kappa shape index (κ2) is 6.16. The highest BCUT2D eigenvalue weighted by atomic mass is 16.5. The van der Waals surface area contributed by atoms with Crippen LogP contribution in [0.25, 0.3) is 0 Å². The van der Waals surface area contributed by atoms with E-state index in [9.17, 15) is 4.79 Å². The molecule has 0 N–H and O–H groups in total. The molecule has 1 saturated heterocycles. The number of nitriles is 1. The van der Waals surface area contributed by atoms with Gasteiger partial charge >= 0.3 is 0 Å². The lowest BCUT2D eigenvalue weighted by molar-refractivity contribution is 0.0701. The summed E-state index contributed by atoms with van der Waals surface area (Å²) in [5.41, 5.74) is 0.719. The van der Waals surface area contributed by atoms with Crippen LogP contribution < -0.4 is 9.64 Å². The summed E-state index contributed by atoms with van der Waals surface area (Å²) in [6.07, 6.45) is 4.69. The van der Waals surface area contributed by atoms with Crippen LogP contribution in [0.15, 0.2) is 18.6 Å². The van der Waals surface area contributed by atoms with E-state index < -0.39 is 0 Å². The molecule has 0 unspecified atom stereocenters. The van der Waals surface area contributed by atoms with Crippen molar-refractivity contribution in [1.29, 1.82) is 5.26 Å². The predicted octanol–water partition coefficient (Wildman–Crippen LogP) is 0.0512. The van der Waals surface area contributed by atoms with Crippen LogP contribution in [0.4, 0.5) is 5.82 Å². The van der Waals surface area contributed by atoms with Crippen molar-refractivity contribution >= 4 is 11.7 Å². The third kappa shape index (κ3) is 2.62. The summed E-state index contributed by atoms with van der Waals surface area (Å²) in [6, 6.07) is 2.06. The molecule has 0 saturated carbocycles. The SMILES string of the molecule is COc1nn(C)cc1C(=O)N(C)C1CN(c2nccnc2C#N)C1. The number of methoxy groups -OCH3 is 1. The molecule has 1 aliphatic rings. The lowest BCUT2D eigenvalue weighted by atomic mass is 10.1. The maximum absolute atomic E-state index is 12.6. The monoisotopic (exact) mass is 327 g/mol. The fourth-order valence-corrected chi connectivity index (χ4v) is 2.64. The summed E-state index contributed by atoms with van der Waals surface area (Å²) in [6.45, 7) is 1.19. The standard InChI is InChI=1S/C15H17N7O2/c1-20-9-11(14(19-20)24-3)15(23)21(2)10-7-22(8-10)13-12(6-16)17-4-5-18-13/h4-5,9-10H,7-8H2,1-3H3. The minimum Gasteiger partial charge on any atom is -0.479 e. The molecule has 3 heterocycles. The fourth-order valence-electron chi connectivity index (χ4n) is 2.64. The topological polar surface area (TPSA) is 100 Å². The first kappa shape index (κ1) is 15.7. The van der Waals surface area contributed by atoms with Gasteiger partial charge < -0.3 is 14.5 Å². The highest BCUT2D eigenvalue weighted by Gasteiger charge is 2.36. The van der Waals surface area contributed by atoms with E-state index in [4.69, 9.17) is 10.00 Å². The van der Waals surface area contributed by atoms with Crippen molar-refractivity contribution in [3.63, 3.8) is 0 Å². The Kier molecular flexibility index (Phi) is 4.04. The van der Waals surface area contributed by atoms with E-state index in [1.54, 1.807) is 36.1 Å². The Morgan fingerprint density at radius 3 is 2.79 bits per heavy atom. The van der Waals surface area contributed by atoms with E-state index >= 15 is 0 Å². The van der Waals surface area contributed by atoms with Gasteiger partial charge in [0.1, 0.15) is 11.6 Å². The molecule has 0 atom stereocenters. The van der Waals surface area contributed by atoms with E-state index in [1.165, 1.54) is 13.3 Å². The predicted molar refractivity (Wildman–Crippen MR) is 84.6 cm³/mol. The van der Waals surface area contributed by atoms with Crippen molar-refractivity contribution in [1.82, 2.24) is 24.6 Å². The van der Waals surface area contributed by atoms with E-state index in [2.05, 4.69) is 15.1 Å². The van der Waals surface area contributed by atoms with Crippen LogP contribution in [0.5, 0.6) is 5.88 Å². The van der Waals surface area contributed by atoms with Crippen LogP contribution >= 0.6 is 0 Å². The second-order valence-electron chi connectivity index (χ2n) is 5.54. The number of rotatable bonds is 4. The minimum absolute atomic E-state index is 0.0240. The average molecular weight is 327 g/mol. The summed E-state index contributed by atoms with van der Waals surface area (Å²) in [5, 5.41) is 13.2. The third-order valence-corrected chi connectivity index (χ3v) is 4.03. The lowest BCUT2D eigenvalue weighted by Crippen LogP contribution is -2.60. The number of carbonyl (C=O) groups excluding carboxylic acids is 1. The number of hydrogen-bond donors (Lipinski definition) is 0. The number of anilines is 1. The minimum atomic E-state index is -0.149. The van der Waals surface area contributed by atoms with E-state index in [1.807, 2.05) is 11.0 Å². The van der Waals surface area contributed by atoms with E-state index in [0.29, 0.717) is 36.0 Å². The zero-order valence-electron chi connectivity index (χ0n) is 13.7. The molecule has 0 aliphatic carbocycles. The maximum atomic E-state index is 12.6. The Morgan fingerprint density at radius 2 is 2.12 bits per heavy atom. The molecule has 0 bridgehead atoms. The van der Waals surface area contributed by atoms with Gasteiger partial charge in [-0.3, -0.25) is 9.48 Å². The van der Waals surface area contributed by atoms with Crippen molar-refractivity contribution in [2.75, 3.05) is 32.1 Å². The molecule has 3 rings (SSSR count). The summed E-state index contributed by atoms with van der Waals surface area (Å²) >= 11 is 0. The lowest BCUT2D eigenvalue weighted by Gasteiger charge is -2.44. The Labute approximate surface area is 139 Å². The number of amides is 1. The van der Waals surface area contributed by atoms with Gasteiger partial charge in [0.2, 0.25) is 5.88 Å². The fraction of sp³-hybridized carbons (Fsp3) is 0.400. The largest absolute Gasteiger partial charge is 0.479 e. The number of aryl methyl sites for hydroxylation is 1. The van der Waals surface area contributed by atoms with E-state index in [-0.39, 0.29) is 11.9 Å². The molecule has 1 amide bonds. The number of nitrogens with zero attached hydrogens (tertiary/aromatic N) is 7. The summed E-state index contributed by atoms with van der Waals surface area (Å²) in [5.74, 6) is 0.714. The summed E-state index contributed by atoms with van der Waals surface area (Å²) < 4.78 is 6.69. The normalized spacial score (nSPS) is 14.0. The molecule has 0 radical (unpaired) electrons.